The Balaban J connectivity index is 1.77. The van der Waals surface area contributed by atoms with Crippen LogP contribution in [0.4, 0.5) is 5.82 Å². The lowest BCUT2D eigenvalue weighted by Crippen LogP contribution is -2.29. The lowest BCUT2D eigenvalue weighted by Gasteiger charge is -2.13. The van der Waals surface area contributed by atoms with Crippen LogP contribution in [-0.4, -0.2) is 26.9 Å². The molecule has 0 radical (unpaired) electrons. The Kier molecular flexibility index (Phi) is 3.75. The second-order valence-electron chi connectivity index (χ2n) is 5.53. The van der Waals surface area contributed by atoms with E-state index in [0.717, 1.165) is 24.1 Å². The molecule has 5 nitrogen and oxygen atoms in total. The number of aliphatic hydroxyl groups excluding tert-OH is 1. The molecule has 1 heterocycles. The summed E-state index contributed by atoms with van der Waals surface area (Å²) in [6, 6.07) is 9.75. The van der Waals surface area contributed by atoms with E-state index in [4.69, 9.17) is 0 Å². The molecule has 1 saturated carbocycles. The van der Waals surface area contributed by atoms with Gasteiger partial charge in [0.05, 0.1) is 17.7 Å². The number of carbonyl (C=O) groups excluding carboxylic acids is 1. The maximum absolute atomic E-state index is 12.2. The minimum absolute atomic E-state index is 0.138. The first-order chi connectivity index (χ1) is 10.1. The van der Waals surface area contributed by atoms with Crippen LogP contribution in [0.15, 0.2) is 36.5 Å². The predicted octanol–water partition coefficient (Wildman–Crippen LogP) is 2.28. The molecule has 2 atom stereocenters. The van der Waals surface area contributed by atoms with Gasteiger partial charge in [0.15, 0.2) is 5.82 Å². The molecule has 2 aromatic rings. The Morgan fingerprint density at radius 3 is 2.76 bits per heavy atom. The third kappa shape index (κ3) is 2.83. The van der Waals surface area contributed by atoms with Crippen LogP contribution in [-0.2, 0) is 4.79 Å². The van der Waals surface area contributed by atoms with Gasteiger partial charge in [0, 0.05) is 11.8 Å². The number of benzene rings is 1. The molecule has 1 aromatic heterocycles. The van der Waals surface area contributed by atoms with Crippen LogP contribution in [0.25, 0.3) is 5.69 Å². The number of amides is 1. The van der Waals surface area contributed by atoms with E-state index in [0.29, 0.717) is 12.2 Å². The molecule has 1 aromatic carbocycles. The molecule has 2 N–H and O–H groups in total. The number of carbonyl (C=O) groups is 1. The number of rotatable bonds is 3. The van der Waals surface area contributed by atoms with Crippen molar-refractivity contribution >= 4 is 11.7 Å². The molecular weight excluding hydrogens is 266 g/mol. The van der Waals surface area contributed by atoms with Gasteiger partial charge in [-0.1, -0.05) is 18.2 Å². The van der Waals surface area contributed by atoms with E-state index >= 15 is 0 Å². The first-order valence-corrected chi connectivity index (χ1v) is 7.26. The first-order valence-electron chi connectivity index (χ1n) is 7.26. The van der Waals surface area contributed by atoms with Crippen molar-refractivity contribution in [3.63, 3.8) is 0 Å². The number of aliphatic hydroxyl groups is 1. The van der Waals surface area contributed by atoms with Gasteiger partial charge in [-0.15, -0.1) is 5.10 Å². The normalized spacial score (nSPS) is 21.4. The summed E-state index contributed by atoms with van der Waals surface area (Å²) in [4.78, 5) is 12.2. The summed E-state index contributed by atoms with van der Waals surface area (Å²) < 4.78 is 1.75. The standard InChI is InChI=1S/C16H19N3O2/c1-11-10-19(12-6-3-2-4-7-12)18-15(11)17-16(21)13-8-5-9-14(13)20/h2-4,6-7,10,13-14,20H,5,8-9H2,1H3,(H,17,18,21). The minimum Gasteiger partial charge on any atom is -0.392 e. The summed E-state index contributed by atoms with van der Waals surface area (Å²) in [7, 11) is 0. The lowest BCUT2D eigenvalue weighted by molar-refractivity contribution is -0.122. The Bertz CT molecular complexity index is 636. The van der Waals surface area contributed by atoms with Crippen molar-refractivity contribution in [2.24, 2.45) is 5.92 Å². The fraction of sp³-hybridized carbons (Fsp3) is 0.375. The number of hydrogen-bond acceptors (Lipinski definition) is 3. The fourth-order valence-electron chi connectivity index (χ4n) is 2.75. The van der Waals surface area contributed by atoms with Gasteiger partial charge >= 0.3 is 0 Å². The molecule has 1 aliphatic rings. The van der Waals surface area contributed by atoms with Crippen molar-refractivity contribution in [3.05, 3.63) is 42.1 Å². The molecule has 21 heavy (non-hydrogen) atoms. The summed E-state index contributed by atoms with van der Waals surface area (Å²) in [6.45, 7) is 1.91. The maximum Gasteiger partial charge on any atom is 0.231 e. The summed E-state index contributed by atoms with van der Waals surface area (Å²) in [5.41, 5.74) is 1.85. The van der Waals surface area contributed by atoms with Gasteiger partial charge in [-0.25, -0.2) is 4.68 Å². The Hall–Kier alpha value is -2.14. The largest absolute Gasteiger partial charge is 0.392 e. The molecule has 0 bridgehead atoms. The monoisotopic (exact) mass is 285 g/mol. The van der Waals surface area contributed by atoms with Crippen LogP contribution < -0.4 is 5.32 Å². The van der Waals surface area contributed by atoms with E-state index in [9.17, 15) is 9.90 Å². The number of nitrogens with zero attached hydrogens (tertiary/aromatic N) is 2. The zero-order valence-corrected chi connectivity index (χ0v) is 12.0. The number of nitrogens with one attached hydrogen (secondary N) is 1. The van der Waals surface area contributed by atoms with Crippen molar-refractivity contribution in [1.29, 1.82) is 0 Å². The van der Waals surface area contributed by atoms with Crippen LogP contribution in [0.5, 0.6) is 0 Å². The zero-order valence-electron chi connectivity index (χ0n) is 12.0. The van der Waals surface area contributed by atoms with Crippen molar-refractivity contribution in [1.82, 2.24) is 9.78 Å². The van der Waals surface area contributed by atoms with Crippen molar-refractivity contribution in [2.75, 3.05) is 5.32 Å². The quantitative estimate of drug-likeness (QED) is 0.909. The molecule has 1 amide bonds. The highest BCUT2D eigenvalue weighted by Crippen LogP contribution is 2.27. The fourth-order valence-corrected chi connectivity index (χ4v) is 2.75. The summed E-state index contributed by atoms with van der Waals surface area (Å²) in [6.07, 6.45) is 3.70. The summed E-state index contributed by atoms with van der Waals surface area (Å²) in [5.74, 6) is 0.107. The second kappa shape index (κ2) is 5.69. The predicted molar refractivity (Wildman–Crippen MR) is 80.3 cm³/mol. The SMILES string of the molecule is Cc1cn(-c2ccccc2)nc1NC(=O)C1CCCC1O. The third-order valence-electron chi connectivity index (χ3n) is 3.98. The zero-order chi connectivity index (χ0) is 14.8. The highest BCUT2D eigenvalue weighted by molar-refractivity contribution is 5.92. The van der Waals surface area contributed by atoms with E-state index in [-0.39, 0.29) is 11.8 Å². The van der Waals surface area contributed by atoms with Gasteiger partial charge in [0.1, 0.15) is 0 Å². The van der Waals surface area contributed by atoms with Gasteiger partial charge < -0.3 is 10.4 Å². The number of anilines is 1. The first kappa shape index (κ1) is 13.8. The van der Waals surface area contributed by atoms with Crippen LogP contribution >= 0.6 is 0 Å². The van der Waals surface area contributed by atoms with Gasteiger partial charge in [-0.05, 0) is 38.3 Å². The van der Waals surface area contributed by atoms with Crippen LogP contribution in [0.2, 0.25) is 0 Å². The minimum atomic E-state index is -0.526. The van der Waals surface area contributed by atoms with Crippen LogP contribution in [0, 0.1) is 12.8 Å². The average Bonchev–Trinajstić information content (AvgIpc) is 3.07. The third-order valence-corrected chi connectivity index (χ3v) is 3.98. The van der Waals surface area contributed by atoms with Gasteiger partial charge in [0.2, 0.25) is 5.91 Å². The Morgan fingerprint density at radius 1 is 1.33 bits per heavy atom. The van der Waals surface area contributed by atoms with E-state index in [2.05, 4.69) is 10.4 Å². The smallest absolute Gasteiger partial charge is 0.231 e. The number of hydrogen-bond donors (Lipinski definition) is 2. The highest BCUT2D eigenvalue weighted by Gasteiger charge is 2.31. The molecular formula is C16H19N3O2. The Morgan fingerprint density at radius 2 is 2.10 bits per heavy atom. The van der Waals surface area contributed by atoms with Crippen molar-refractivity contribution in [3.8, 4) is 5.69 Å². The molecule has 1 fully saturated rings. The second-order valence-corrected chi connectivity index (χ2v) is 5.53. The van der Waals surface area contributed by atoms with Gasteiger partial charge in [-0.3, -0.25) is 4.79 Å². The molecule has 2 unspecified atom stereocenters. The topological polar surface area (TPSA) is 67.2 Å². The molecule has 3 rings (SSSR count). The van der Waals surface area contributed by atoms with E-state index < -0.39 is 6.10 Å². The summed E-state index contributed by atoms with van der Waals surface area (Å²) >= 11 is 0. The van der Waals surface area contributed by atoms with Crippen LogP contribution in [0.1, 0.15) is 24.8 Å². The van der Waals surface area contributed by atoms with E-state index in [1.54, 1.807) is 4.68 Å². The highest BCUT2D eigenvalue weighted by atomic mass is 16.3. The number of aryl methyl sites for hydroxylation is 1. The van der Waals surface area contributed by atoms with Gasteiger partial charge in [0.25, 0.3) is 0 Å². The van der Waals surface area contributed by atoms with Gasteiger partial charge in [-0.2, -0.15) is 0 Å². The molecule has 0 spiro atoms. The molecule has 0 saturated heterocycles. The van der Waals surface area contributed by atoms with Crippen LogP contribution in [0.3, 0.4) is 0 Å². The molecule has 5 heteroatoms. The lowest BCUT2D eigenvalue weighted by atomic mass is 10.1. The number of para-hydroxylation sites is 1. The maximum atomic E-state index is 12.2. The van der Waals surface area contributed by atoms with E-state index in [1.807, 2.05) is 43.5 Å². The molecule has 110 valence electrons. The summed E-state index contributed by atoms with van der Waals surface area (Å²) in [5, 5.41) is 17.1. The van der Waals surface area contributed by atoms with Crippen molar-refractivity contribution in [2.45, 2.75) is 32.3 Å². The van der Waals surface area contributed by atoms with Crippen molar-refractivity contribution < 1.29 is 9.90 Å². The van der Waals surface area contributed by atoms with E-state index in [1.165, 1.54) is 0 Å². The average molecular weight is 285 g/mol. The number of aromatic nitrogens is 2. The molecule has 1 aliphatic carbocycles. The Labute approximate surface area is 123 Å². The molecule has 0 aliphatic heterocycles.